The van der Waals surface area contributed by atoms with Gasteiger partial charge in [-0.1, -0.05) is 50.2 Å². The van der Waals surface area contributed by atoms with Gasteiger partial charge in [0.25, 0.3) is 11.8 Å². The van der Waals surface area contributed by atoms with Crippen LogP contribution >= 0.6 is 0 Å². The Morgan fingerprint density at radius 2 is 1.28 bits per heavy atom. The molecule has 4 aliphatic rings. The number of hydrogen-bond acceptors (Lipinski definition) is 12. The molecule has 372 valence electrons. The number of rotatable bonds is 17. The SMILES string of the molecule is COc1cc2c(cc1OCc1cc(COc3cc4c(cc3OC)C(=O)N3c5ccccc5C[C@H]3CN4)cc(NC(=O)[C@H](C)NC(=O)[C@H](C)NC(=O)CCC(=O)C(C)C)c1)N=C[C@@H]1Cc3ccccc3N1C2=O. The lowest BCUT2D eigenvalue weighted by Gasteiger charge is -2.22. The molecule has 0 bridgehead atoms. The second-order valence-corrected chi connectivity index (χ2v) is 18.7. The van der Waals surface area contributed by atoms with Gasteiger partial charge in [0, 0.05) is 67.1 Å². The van der Waals surface area contributed by atoms with Crippen molar-refractivity contribution in [2.24, 2.45) is 10.9 Å². The van der Waals surface area contributed by atoms with E-state index in [0.717, 1.165) is 28.9 Å². The molecule has 5 amide bonds. The van der Waals surface area contributed by atoms with Gasteiger partial charge in [0.2, 0.25) is 17.7 Å². The third-order valence-electron chi connectivity index (χ3n) is 13.4. The molecular weight excluding hydrogens is 919 g/mol. The van der Waals surface area contributed by atoms with E-state index in [0.29, 0.717) is 75.3 Å². The number of carbonyl (C=O) groups excluding carboxylic acids is 6. The molecule has 9 rings (SSSR count). The van der Waals surface area contributed by atoms with Crippen LogP contribution in [-0.4, -0.2) is 86.5 Å². The Bertz CT molecular complexity index is 3030. The zero-order valence-corrected chi connectivity index (χ0v) is 41.0. The molecule has 4 atom stereocenters. The lowest BCUT2D eigenvalue weighted by molar-refractivity contribution is -0.131. The average Bonchev–Trinajstić information content (AvgIpc) is 3.87. The Balaban J connectivity index is 0.944. The molecule has 5 aromatic carbocycles. The topological polar surface area (TPSA) is 206 Å². The first-order valence-corrected chi connectivity index (χ1v) is 24.1. The van der Waals surface area contributed by atoms with Crippen LogP contribution in [0.3, 0.4) is 0 Å². The highest BCUT2D eigenvalue weighted by atomic mass is 16.5. The Morgan fingerprint density at radius 3 is 1.94 bits per heavy atom. The maximum absolute atomic E-state index is 14.1. The first-order chi connectivity index (χ1) is 34.7. The number of para-hydroxylation sites is 2. The minimum Gasteiger partial charge on any atom is -0.493 e. The molecule has 0 aromatic heterocycles. The van der Waals surface area contributed by atoms with E-state index in [1.807, 2.05) is 59.5 Å². The van der Waals surface area contributed by atoms with Crippen molar-refractivity contribution in [2.75, 3.05) is 41.2 Å². The molecule has 0 unspecified atom stereocenters. The predicted octanol–water partition coefficient (Wildman–Crippen LogP) is 7.10. The van der Waals surface area contributed by atoms with Crippen LogP contribution < -0.4 is 50.0 Å². The van der Waals surface area contributed by atoms with E-state index in [2.05, 4.69) is 21.3 Å². The molecule has 4 N–H and O–H groups in total. The fraction of sp³-hybridized carbons (Fsp3) is 0.327. The maximum Gasteiger partial charge on any atom is 0.261 e. The number of Topliss-reactive ketones (excluding diaryl/α,β-unsaturated/α-hetero) is 1. The van der Waals surface area contributed by atoms with Gasteiger partial charge in [-0.15, -0.1) is 0 Å². The van der Waals surface area contributed by atoms with Crippen molar-refractivity contribution < 1.29 is 47.7 Å². The molecule has 4 heterocycles. The van der Waals surface area contributed by atoms with E-state index in [1.165, 1.54) is 28.1 Å². The van der Waals surface area contributed by atoms with Gasteiger partial charge in [0.05, 0.1) is 48.8 Å². The molecule has 17 heteroatoms. The molecule has 0 fully saturated rings. The largest absolute Gasteiger partial charge is 0.493 e. The summed E-state index contributed by atoms with van der Waals surface area (Å²) in [7, 11) is 3.00. The number of fused-ring (bicyclic) bond motifs is 8. The summed E-state index contributed by atoms with van der Waals surface area (Å²) >= 11 is 0. The fourth-order valence-corrected chi connectivity index (χ4v) is 9.48. The molecular formula is C55H57N7O10. The summed E-state index contributed by atoms with van der Waals surface area (Å²) in [6, 6.07) is 25.5. The third kappa shape index (κ3) is 10.0. The third-order valence-corrected chi connectivity index (χ3v) is 13.4. The van der Waals surface area contributed by atoms with Gasteiger partial charge >= 0.3 is 0 Å². The summed E-state index contributed by atoms with van der Waals surface area (Å²) in [6.07, 6.45) is 3.17. The normalized spacial score (nSPS) is 16.8. The van der Waals surface area contributed by atoms with Crippen LogP contribution in [0.2, 0.25) is 0 Å². The van der Waals surface area contributed by atoms with Gasteiger partial charge in [0.15, 0.2) is 23.0 Å². The van der Waals surface area contributed by atoms with E-state index in [9.17, 15) is 28.8 Å². The summed E-state index contributed by atoms with van der Waals surface area (Å²) in [5, 5.41) is 11.6. The highest BCUT2D eigenvalue weighted by molar-refractivity contribution is 6.15. The molecule has 72 heavy (non-hydrogen) atoms. The summed E-state index contributed by atoms with van der Waals surface area (Å²) < 4.78 is 24.4. The first kappa shape index (κ1) is 48.8. The van der Waals surface area contributed by atoms with Crippen molar-refractivity contribution in [1.82, 2.24) is 10.6 Å². The van der Waals surface area contributed by atoms with E-state index in [4.69, 9.17) is 23.9 Å². The van der Waals surface area contributed by atoms with Crippen molar-refractivity contribution in [1.29, 1.82) is 0 Å². The van der Waals surface area contributed by atoms with E-state index < -0.39 is 29.8 Å². The molecule has 0 saturated carbocycles. The second-order valence-electron chi connectivity index (χ2n) is 18.7. The number of aliphatic imine (C=N–C) groups is 1. The van der Waals surface area contributed by atoms with Crippen molar-refractivity contribution in [3.63, 3.8) is 0 Å². The van der Waals surface area contributed by atoms with Crippen LogP contribution in [-0.2, 0) is 45.2 Å². The molecule has 0 saturated heterocycles. The Labute approximate surface area is 417 Å². The number of carbonyl (C=O) groups is 6. The quantitative estimate of drug-likeness (QED) is 0.0740. The highest BCUT2D eigenvalue weighted by Gasteiger charge is 2.39. The highest BCUT2D eigenvalue weighted by Crippen LogP contribution is 2.43. The smallest absolute Gasteiger partial charge is 0.261 e. The van der Waals surface area contributed by atoms with Crippen molar-refractivity contribution in [2.45, 2.75) is 90.8 Å². The fourth-order valence-electron chi connectivity index (χ4n) is 9.48. The van der Waals surface area contributed by atoms with Gasteiger partial charge in [-0.3, -0.25) is 38.7 Å². The van der Waals surface area contributed by atoms with Crippen molar-refractivity contribution in [3.8, 4) is 23.0 Å². The molecule has 0 aliphatic carbocycles. The number of ketones is 1. The number of ether oxygens (including phenoxy) is 4. The van der Waals surface area contributed by atoms with Gasteiger partial charge in [-0.2, -0.15) is 0 Å². The summed E-state index contributed by atoms with van der Waals surface area (Å²) in [5.41, 5.74) is 7.39. The number of nitrogens with one attached hydrogen (secondary N) is 4. The van der Waals surface area contributed by atoms with E-state index in [-0.39, 0.29) is 61.7 Å². The maximum atomic E-state index is 14.1. The zero-order chi connectivity index (χ0) is 50.8. The van der Waals surface area contributed by atoms with Crippen molar-refractivity contribution >= 4 is 70.0 Å². The van der Waals surface area contributed by atoms with Crippen LogP contribution in [0.5, 0.6) is 23.0 Å². The van der Waals surface area contributed by atoms with Crippen LogP contribution in [0.25, 0.3) is 0 Å². The number of nitrogens with zero attached hydrogens (tertiary/aromatic N) is 3. The first-order valence-electron chi connectivity index (χ1n) is 24.1. The summed E-state index contributed by atoms with van der Waals surface area (Å²) in [4.78, 5) is 87.9. The minimum atomic E-state index is -1.03. The standard InChI is InChI=1S/C55H57N7O10/c1-30(2)46(63)15-16-51(64)58-31(3)52(65)59-32(4)53(66)60-37-18-33(28-71-49-24-42-40(22-47(49)69-5)54(67)61-38(26-56-42)20-35-11-7-9-13-44(35)61)17-34(19-37)29-72-50-25-43-41(23-48(50)70-6)55(68)62-39(27-57-43)21-36-12-8-10-14-45(36)62/h7-14,17-19,22-26,30-32,38-39,57H,15-16,20-21,27-29H2,1-6H3,(H,58,64)(H,59,65)(H,60,66)/t31-,32-,38-,39-/m0/s1. The Hall–Kier alpha value is -8.21. The van der Waals surface area contributed by atoms with Crippen molar-refractivity contribution in [3.05, 3.63) is 124 Å². The van der Waals surface area contributed by atoms with E-state index >= 15 is 0 Å². The minimum absolute atomic E-state index is 0.00597. The summed E-state index contributed by atoms with van der Waals surface area (Å²) in [5.74, 6) is -0.790. The molecule has 5 aromatic rings. The number of anilines is 4. The molecule has 4 aliphatic heterocycles. The lowest BCUT2D eigenvalue weighted by atomic mass is 10.0. The average molecular weight is 976 g/mol. The molecule has 17 nitrogen and oxygen atoms in total. The summed E-state index contributed by atoms with van der Waals surface area (Å²) in [6.45, 7) is 7.04. The Kier molecular flexibility index (Phi) is 14.0. The van der Waals surface area contributed by atoms with Gasteiger partial charge < -0.3 is 45.1 Å². The van der Waals surface area contributed by atoms with E-state index in [1.54, 1.807) is 61.4 Å². The van der Waals surface area contributed by atoms with Crippen LogP contribution in [0, 0.1) is 5.92 Å². The second kappa shape index (κ2) is 20.6. The monoisotopic (exact) mass is 975 g/mol. The zero-order valence-electron chi connectivity index (χ0n) is 41.0. The number of hydrogen-bond donors (Lipinski definition) is 4. The van der Waals surface area contributed by atoms with Gasteiger partial charge in [0.1, 0.15) is 31.1 Å². The van der Waals surface area contributed by atoms with Crippen LogP contribution in [0.15, 0.2) is 96.0 Å². The lowest BCUT2D eigenvalue weighted by Crippen LogP contribution is -2.50. The van der Waals surface area contributed by atoms with Crippen LogP contribution in [0.4, 0.5) is 28.4 Å². The number of amides is 5. The number of benzene rings is 5. The Morgan fingerprint density at radius 1 is 0.681 bits per heavy atom. The van der Waals surface area contributed by atoms with Gasteiger partial charge in [-0.25, -0.2) is 0 Å². The molecule has 0 spiro atoms. The molecule has 0 radical (unpaired) electrons. The number of methoxy groups -OCH3 is 2. The van der Waals surface area contributed by atoms with Crippen LogP contribution in [0.1, 0.15) is 83.5 Å². The predicted molar refractivity (Wildman–Crippen MR) is 272 cm³/mol. The van der Waals surface area contributed by atoms with Gasteiger partial charge in [-0.05, 0) is 85.0 Å².